The van der Waals surface area contributed by atoms with Crippen LogP contribution in [0.15, 0.2) is 47.1 Å². The highest BCUT2D eigenvalue weighted by Gasteiger charge is 2.14. The third-order valence-corrected chi connectivity index (χ3v) is 4.31. The summed E-state index contributed by atoms with van der Waals surface area (Å²) in [6.45, 7) is 4.15. The summed E-state index contributed by atoms with van der Waals surface area (Å²) in [5.41, 5.74) is 2.96. The predicted octanol–water partition coefficient (Wildman–Crippen LogP) is 5.04. The topological polar surface area (TPSA) is 68.2 Å². The first-order valence-electron chi connectivity index (χ1n) is 8.48. The van der Waals surface area contributed by atoms with Gasteiger partial charge in [-0.1, -0.05) is 31.0 Å². The molecule has 3 heterocycles. The van der Waals surface area contributed by atoms with Crippen LogP contribution in [0, 0.1) is 6.92 Å². The second-order valence-corrected chi connectivity index (χ2v) is 6.53. The Morgan fingerprint density at radius 2 is 2.08 bits per heavy atom. The van der Waals surface area contributed by atoms with Gasteiger partial charge in [0.1, 0.15) is 5.82 Å². The van der Waals surface area contributed by atoms with Crippen LogP contribution in [0.3, 0.4) is 0 Å². The van der Waals surface area contributed by atoms with Crippen LogP contribution < -0.4 is 5.32 Å². The van der Waals surface area contributed by atoms with Crippen LogP contribution in [0.1, 0.15) is 24.6 Å². The Bertz CT molecular complexity index is 1060. The molecule has 6 nitrogen and oxygen atoms in total. The maximum atomic E-state index is 6.15. The molecule has 0 saturated carbocycles. The summed E-state index contributed by atoms with van der Waals surface area (Å²) in [6, 6.07) is 11.4. The molecule has 4 aromatic rings. The maximum absolute atomic E-state index is 6.15. The molecule has 0 unspecified atom stereocenters. The fraction of sp³-hybridized carbons (Fsp3) is 0.211. The number of aryl methyl sites for hydroxylation is 2. The van der Waals surface area contributed by atoms with Crippen LogP contribution in [-0.4, -0.2) is 19.6 Å². The van der Waals surface area contributed by atoms with Gasteiger partial charge < -0.3 is 9.73 Å². The van der Waals surface area contributed by atoms with Gasteiger partial charge in [0.15, 0.2) is 5.76 Å². The fourth-order valence-electron chi connectivity index (χ4n) is 2.77. The summed E-state index contributed by atoms with van der Waals surface area (Å²) in [6.07, 6.45) is 3.46. The highest BCUT2D eigenvalue weighted by atomic mass is 35.5. The minimum absolute atomic E-state index is 0.502. The zero-order chi connectivity index (χ0) is 18.1. The predicted molar refractivity (Wildman–Crippen MR) is 102 cm³/mol. The molecular weight excluding hydrogens is 350 g/mol. The molecule has 0 aliphatic carbocycles. The Balaban J connectivity index is 1.84. The summed E-state index contributed by atoms with van der Waals surface area (Å²) in [5.74, 6) is 2.43. The van der Waals surface area contributed by atoms with Gasteiger partial charge in [-0.05, 0) is 43.2 Å². The van der Waals surface area contributed by atoms with Gasteiger partial charge in [-0.25, -0.2) is 4.98 Å². The molecule has 0 radical (unpaired) electrons. The number of rotatable bonds is 5. The molecule has 0 aliphatic rings. The second-order valence-electron chi connectivity index (χ2n) is 6.09. The molecule has 0 spiro atoms. The third kappa shape index (κ3) is 3.15. The van der Waals surface area contributed by atoms with Crippen LogP contribution in [0.5, 0.6) is 0 Å². The number of furan rings is 1. The van der Waals surface area contributed by atoms with Gasteiger partial charge in [0.05, 0.1) is 6.26 Å². The first-order chi connectivity index (χ1) is 12.6. The van der Waals surface area contributed by atoms with Gasteiger partial charge >= 0.3 is 0 Å². The molecule has 4 rings (SSSR count). The van der Waals surface area contributed by atoms with Crippen molar-refractivity contribution in [3.63, 3.8) is 0 Å². The molecular formula is C19H18ClN5O. The van der Waals surface area contributed by atoms with Crippen molar-refractivity contribution < 1.29 is 4.42 Å². The lowest BCUT2D eigenvalue weighted by Gasteiger charge is -2.12. The van der Waals surface area contributed by atoms with Gasteiger partial charge in [-0.2, -0.15) is 9.50 Å². The number of nitrogens with one attached hydrogen (secondary N) is 1. The van der Waals surface area contributed by atoms with Crippen LogP contribution in [0.25, 0.3) is 17.4 Å². The van der Waals surface area contributed by atoms with Crippen molar-refractivity contribution in [3.8, 4) is 11.6 Å². The molecule has 0 aliphatic heterocycles. The molecule has 1 aromatic carbocycles. The third-order valence-electron chi connectivity index (χ3n) is 4.08. The highest BCUT2D eigenvalue weighted by molar-refractivity contribution is 6.30. The molecule has 0 fully saturated rings. The summed E-state index contributed by atoms with van der Waals surface area (Å²) in [5, 5.41) is 8.65. The number of aromatic nitrogens is 4. The van der Waals surface area contributed by atoms with Crippen molar-refractivity contribution in [2.45, 2.75) is 26.7 Å². The van der Waals surface area contributed by atoms with E-state index in [1.165, 1.54) is 0 Å². The van der Waals surface area contributed by atoms with E-state index < -0.39 is 0 Å². The minimum atomic E-state index is 0.502. The summed E-state index contributed by atoms with van der Waals surface area (Å²) >= 11 is 6.15. The van der Waals surface area contributed by atoms with Crippen LogP contribution >= 0.6 is 11.6 Å². The second kappa shape index (κ2) is 6.80. The summed E-state index contributed by atoms with van der Waals surface area (Å²) < 4.78 is 7.11. The zero-order valence-corrected chi connectivity index (χ0v) is 15.3. The van der Waals surface area contributed by atoms with Crippen LogP contribution in [-0.2, 0) is 6.42 Å². The van der Waals surface area contributed by atoms with Crippen molar-refractivity contribution in [2.24, 2.45) is 0 Å². The van der Waals surface area contributed by atoms with E-state index in [0.29, 0.717) is 22.4 Å². The molecule has 0 saturated heterocycles. The minimum Gasteiger partial charge on any atom is -0.461 e. The SMILES string of the molecule is CCCc1cc(Nc2cc(Cl)ccc2C)n2nc(-c3ccco3)nc2n1. The Hall–Kier alpha value is -2.86. The van der Waals surface area contributed by atoms with E-state index in [2.05, 4.69) is 27.3 Å². The Morgan fingerprint density at radius 3 is 2.85 bits per heavy atom. The van der Waals surface area contributed by atoms with Crippen molar-refractivity contribution in [1.29, 1.82) is 0 Å². The zero-order valence-electron chi connectivity index (χ0n) is 14.5. The van der Waals surface area contributed by atoms with Gasteiger partial charge in [0.25, 0.3) is 5.78 Å². The molecule has 132 valence electrons. The highest BCUT2D eigenvalue weighted by Crippen LogP contribution is 2.26. The quantitative estimate of drug-likeness (QED) is 0.535. The van der Waals surface area contributed by atoms with E-state index in [1.807, 2.05) is 43.3 Å². The molecule has 1 N–H and O–H groups in total. The molecule has 0 amide bonds. The average molecular weight is 368 g/mol. The van der Waals surface area contributed by atoms with Crippen LogP contribution in [0.2, 0.25) is 5.02 Å². The number of benzene rings is 1. The van der Waals surface area contributed by atoms with Gasteiger partial charge in [0.2, 0.25) is 5.82 Å². The Labute approximate surface area is 155 Å². The Morgan fingerprint density at radius 1 is 1.19 bits per heavy atom. The fourth-order valence-corrected chi connectivity index (χ4v) is 2.94. The number of hydrogen-bond acceptors (Lipinski definition) is 5. The van der Waals surface area contributed by atoms with Crippen molar-refractivity contribution in [3.05, 3.63) is 58.9 Å². The molecule has 7 heteroatoms. The van der Waals surface area contributed by atoms with E-state index in [1.54, 1.807) is 10.8 Å². The van der Waals surface area contributed by atoms with Crippen molar-refractivity contribution >= 4 is 28.9 Å². The van der Waals surface area contributed by atoms with E-state index in [0.717, 1.165) is 35.6 Å². The normalized spacial score (nSPS) is 11.2. The van der Waals surface area contributed by atoms with E-state index >= 15 is 0 Å². The first kappa shape index (κ1) is 16.6. The molecule has 0 atom stereocenters. The number of fused-ring (bicyclic) bond motifs is 1. The smallest absolute Gasteiger partial charge is 0.255 e. The molecule has 3 aromatic heterocycles. The average Bonchev–Trinajstić information content (AvgIpc) is 3.27. The van der Waals surface area contributed by atoms with E-state index in [-0.39, 0.29) is 0 Å². The van der Waals surface area contributed by atoms with E-state index in [4.69, 9.17) is 16.0 Å². The number of anilines is 2. The molecule has 26 heavy (non-hydrogen) atoms. The van der Waals surface area contributed by atoms with Crippen molar-refractivity contribution in [2.75, 3.05) is 5.32 Å². The number of hydrogen-bond donors (Lipinski definition) is 1. The van der Waals surface area contributed by atoms with Crippen LogP contribution in [0.4, 0.5) is 11.5 Å². The van der Waals surface area contributed by atoms with Crippen molar-refractivity contribution in [1.82, 2.24) is 19.6 Å². The van der Waals surface area contributed by atoms with Gasteiger partial charge in [-0.3, -0.25) is 0 Å². The number of nitrogens with zero attached hydrogens (tertiary/aromatic N) is 4. The van der Waals surface area contributed by atoms with Gasteiger partial charge in [-0.15, -0.1) is 5.10 Å². The summed E-state index contributed by atoms with van der Waals surface area (Å²) in [4.78, 5) is 9.14. The first-order valence-corrected chi connectivity index (χ1v) is 8.85. The summed E-state index contributed by atoms with van der Waals surface area (Å²) in [7, 11) is 0. The lowest BCUT2D eigenvalue weighted by molar-refractivity contribution is 0.577. The largest absolute Gasteiger partial charge is 0.461 e. The molecule has 0 bridgehead atoms. The lowest BCUT2D eigenvalue weighted by atomic mass is 10.2. The number of halogens is 1. The standard InChI is InChI=1S/C19H18ClN5O/c1-3-5-14-11-17(22-15-10-13(20)8-7-12(15)2)25-19(21-14)23-18(24-25)16-6-4-9-26-16/h4,6-11,22H,3,5H2,1-2H3. The van der Waals surface area contributed by atoms with Gasteiger partial charge in [0, 0.05) is 22.5 Å². The Kier molecular flexibility index (Phi) is 4.34. The monoisotopic (exact) mass is 367 g/mol. The maximum Gasteiger partial charge on any atom is 0.255 e. The lowest BCUT2D eigenvalue weighted by Crippen LogP contribution is -2.05. The van der Waals surface area contributed by atoms with E-state index in [9.17, 15) is 0 Å².